The summed E-state index contributed by atoms with van der Waals surface area (Å²) in [4.78, 5) is 23.6. The predicted molar refractivity (Wildman–Crippen MR) is 95.0 cm³/mol. The standard InChI is InChI=1S/C18H17IN5O/c1-19-9-12-8-13(11-20-10-12)21-17(25)15-6-7-24-16-5-3-2-4-14(16)22-18(24)23-15/h2-8,10-11,15H,9H2,1H3,(H,21,25)(H,22,23)/q-1. The number of benzene rings is 1. The number of amides is 1. The second-order valence-electron chi connectivity index (χ2n) is 5.73. The zero-order valence-electron chi connectivity index (χ0n) is 13.6. The number of fused-ring (bicyclic) bond motifs is 3. The fourth-order valence-corrected chi connectivity index (χ4v) is 4.11. The molecular weight excluding hydrogens is 429 g/mol. The molecule has 1 amide bonds. The molecule has 0 saturated carbocycles. The number of hydrogen-bond acceptors (Lipinski definition) is 4. The molecule has 7 heteroatoms. The van der Waals surface area contributed by atoms with Gasteiger partial charge in [0.1, 0.15) is 0 Å². The van der Waals surface area contributed by atoms with E-state index in [2.05, 4.69) is 25.5 Å². The first-order chi connectivity index (χ1) is 12.2. The summed E-state index contributed by atoms with van der Waals surface area (Å²) in [7, 11) is 0. The first kappa shape index (κ1) is 16.1. The van der Waals surface area contributed by atoms with Crippen LogP contribution in [0.2, 0.25) is 0 Å². The summed E-state index contributed by atoms with van der Waals surface area (Å²) < 4.78 is 3.01. The first-order valence-electron chi connectivity index (χ1n) is 7.85. The van der Waals surface area contributed by atoms with Crippen LogP contribution in [0.15, 0.2) is 48.8 Å². The number of para-hydroxylation sites is 2. The van der Waals surface area contributed by atoms with Gasteiger partial charge in [0.15, 0.2) is 0 Å². The normalized spacial score (nSPS) is 15.8. The number of imidazole rings is 1. The van der Waals surface area contributed by atoms with Crippen molar-refractivity contribution in [3.8, 4) is 0 Å². The van der Waals surface area contributed by atoms with Crippen molar-refractivity contribution in [2.24, 2.45) is 0 Å². The molecule has 25 heavy (non-hydrogen) atoms. The van der Waals surface area contributed by atoms with Gasteiger partial charge in [-0.05, 0) is 0 Å². The number of nitrogens with zero attached hydrogens (tertiary/aromatic N) is 3. The minimum atomic E-state index is -0.466. The number of aromatic nitrogens is 3. The van der Waals surface area contributed by atoms with Crippen LogP contribution in [0.4, 0.5) is 11.6 Å². The Morgan fingerprint density at radius 2 is 2.24 bits per heavy atom. The molecule has 4 rings (SSSR count). The number of halogens is 1. The second kappa shape index (κ2) is 6.83. The molecule has 1 unspecified atom stereocenters. The van der Waals surface area contributed by atoms with E-state index in [4.69, 9.17) is 0 Å². The molecule has 0 aliphatic carbocycles. The summed E-state index contributed by atoms with van der Waals surface area (Å²) in [5, 5.41) is 6.12. The van der Waals surface area contributed by atoms with Gasteiger partial charge in [0, 0.05) is 0 Å². The van der Waals surface area contributed by atoms with Crippen molar-refractivity contribution >= 4 is 34.8 Å². The number of anilines is 2. The third-order valence-corrected chi connectivity index (χ3v) is 5.58. The van der Waals surface area contributed by atoms with Gasteiger partial charge in [-0.1, -0.05) is 12.1 Å². The van der Waals surface area contributed by atoms with Gasteiger partial charge in [-0.25, -0.2) is 0 Å². The van der Waals surface area contributed by atoms with E-state index >= 15 is 0 Å². The third-order valence-electron chi connectivity index (χ3n) is 3.94. The van der Waals surface area contributed by atoms with Gasteiger partial charge in [-0.3, -0.25) is 0 Å². The van der Waals surface area contributed by atoms with E-state index in [1.807, 2.05) is 53.4 Å². The molecular formula is C18H17IN5O-. The Labute approximate surface area is 155 Å². The summed E-state index contributed by atoms with van der Waals surface area (Å²) in [6.45, 7) is 0. The molecule has 2 N–H and O–H groups in total. The average molecular weight is 446 g/mol. The van der Waals surface area contributed by atoms with Crippen molar-refractivity contribution in [2.45, 2.75) is 10.5 Å². The van der Waals surface area contributed by atoms with Crippen molar-refractivity contribution in [1.82, 2.24) is 14.5 Å². The molecule has 6 nitrogen and oxygen atoms in total. The third kappa shape index (κ3) is 3.23. The molecule has 0 radical (unpaired) electrons. The quantitative estimate of drug-likeness (QED) is 0.421. The van der Waals surface area contributed by atoms with Gasteiger partial charge in [0.05, 0.1) is 0 Å². The number of rotatable bonds is 4. The van der Waals surface area contributed by atoms with Gasteiger partial charge in [0.25, 0.3) is 0 Å². The van der Waals surface area contributed by atoms with Crippen LogP contribution in [-0.2, 0) is 9.22 Å². The van der Waals surface area contributed by atoms with Crippen molar-refractivity contribution < 1.29 is 26.0 Å². The van der Waals surface area contributed by atoms with Gasteiger partial charge in [0.2, 0.25) is 0 Å². The molecule has 1 aliphatic rings. The van der Waals surface area contributed by atoms with Crippen LogP contribution in [0.1, 0.15) is 5.56 Å². The van der Waals surface area contributed by atoms with Crippen LogP contribution < -0.4 is 31.8 Å². The number of carbonyl (C=O) groups is 1. The Morgan fingerprint density at radius 1 is 1.36 bits per heavy atom. The molecule has 3 heterocycles. The number of pyridine rings is 1. The molecule has 0 fully saturated rings. The van der Waals surface area contributed by atoms with E-state index in [1.54, 1.807) is 6.20 Å². The maximum absolute atomic E-state index is 12.6. The topological polar surface area (TPSA) is 71.8 Å². The predicted octanol–water partition coefficient (Wildman–Crippen LogP) is -0.446. The van der Waals surface area contributed by atoms with Crippen LogP contribution in [0.3, 0.4) is 0 Å². The van der Waals surface area contributed by atoms with E-state index < -0.39 is 6.04 Å². The van der Waals surface area contributed by atoms with Crippen molar-refractivity contribution in [3.05, 3.63) is 54.4 Å². The summed E-state index contributed by atoms with van der Waals surface area (Å²) in [6, 6.07) is 9.42. The van der Waals surface area contributed by atoms with Crippen molar-refractivity contribution in [2.75, 3.05) is 15.6 Å². The van der Waals surface area contributed by atoms with Crippen LogP contribution >= 0.6 is 0 Å². The van der Waals surface area contributed by atoms with Crippen molar-refractivity contribution in [1.29, 1.82) is 0 Å². The molecule has 1 atom stereocenters. The average Bonchev–Trinajstić information content (AvgIpc) is 3.00. The Hall–Kier alpha value is -2.42. The molecule has 0 spiro atoms. The molecule has 2 aromatic heterocycles. The fraction of sp³-hybridized carbons (Fsp3) is 0.167. The fourth-order valence-electron chi connectivity index (χ4n) is 2.81. The van der Waals surface area contributed by atoms with Crippen LogP contribution in [-0.4, -0.2) is 31.4 Å². The summed E-state index contributed by atoms with van der Waals surface area (Å²) in [5.41, 5.74) is 3.81. The van der Waals surface area contributed by atoms with Crippen LogP contribution in [0, 0.1) is 0 Å². The molecule has 0 bridgehead atoms. The monoisotopic (exact) mass is 446 g/mol. The minimum absolute atomic E-state index is 0.125. The molecule has 0 saturated heterocycles. The Kier molecular flexibility index (Phi) is 4.39. The summed E-state index contributed by atoms with van der Waals surface area (Å²) in [6.07, 6.45) is 7.27. The SMILES string of the molecule is C[I-]Cc1cncc(NC(=O)C2C=Cn3c(nc4ccccc43)N2)c1. The zero-order chi connectivity index (χ0) is 17.2. The van der Waals surface area contributed by atoms with Crippen LogP contribution in [0.25, 0.3) is 17.2 Å². The molecule has 3 aromatic rings. The van der Waals surface area contributed by atoms with E-state index in [-0.39, 0.29) is 27.1 Å². The Balaban J connectivity index is 1.52. The zero-order valence-corrected chi connectivity index (χ0v) is 15.8. The van der Waals surface area contributed by atoms with Crippen molar-refractivity contribution in [3.63, 3.8) is 0 Å². The summed E-state index contributed by atoms with van der Waals surface area (Å²) >= 11 is 0.155. The van der Waals surface area contributed by atoms with Gasteiger partial charge < -0.3 is 0 Å². The number of alkyl halides is 2. The molecule has 1 aromatic carbocycles. The number of carbonyl (C=O) groups excluding carboxylic acids is 1. The van der Waals surface area contributed by atoms with Gasteiger partial charge >= 0.3 is 144 Å². The Morgan fingerprint density at radius 3 is 3.12 bits per heavy atom. The molecule has 128 valence electrons. The molecule has 1 aliphatic heterocycles. The van der Waals surface area contributed by atoms with E-state index in [0.29, 0.717) is 5.95 Å². The number of nitrogens with one attached hydrogen (secondary N) is 2. The van der Waals surface area contributed by atoms with Gasteiger partial charge in [-0.2, -0.15) is 0 Å². The van der Waals surface area contributed by atoms with Crippen LogP contribution in [0.5, 0.6) is 0 Å². The second-order valence-corrected chi connectivity index (χ2v) is 8.02. The first-order valence-corrected chi connectivity index (χ1v) is 11.5. The van der Waals surface area contributed by atoms with E-state index in [1.165, 1.54) is 5.56 Å². The summed E-state index contributed by atoms with van der Waals surface area (Å²) in [5.74, 6) is 0.547. The maximum atomic E-state index is 12.6. The van der Waals surface area contributed by atoms with E-state index in [9.17, 15) is 4.79 Å². The van der Waals surface area contributed by atoms with Gasteiger partial charge in [-0.15, -0.1) is 0 Å². The Bertz CT molecular complexity index is 965. The van der Waals surface area contributed by atoms with E-state index in [0.717, 1.165) is 21.1 Å². The number of hydrogen-bond donors (Lipinski definition) is 2.